The number of unbranched alkanes of at least 4 members (excludes halogenated alkanes) is 1. The molecule has 0 aliphatic heterocycles. The Kier molecular flexibility index (Phi) is 4.09. The lowest BCUT2D eigenvalue weighted by Crippen LogP contribution is -1.99. The zero-order valence-electron chi connectivity index (χ0n) is 7.72. The van der Waals surface area contributed by atoms with E-state index in [9.17, 15) is 0 Å². The molecule has 1 aromatic carbocycles. The SMILES string of the molecule is CCCCOc1cc(Br)ccc1N. The van der Waals surface area contributed by atoms with E-state index in [0.717, 1.165) is 29.7 Å². The third kappa shape index (κ3) is 3.27. The molecule has 2 N–H and O–H groups in total. The maximum absolute atomic E-state index is 5.73. The van der Waals surface area contributed by atoms with Crippen molar-refractivity contribution in [2.45, 2.75) is 19.8 Å². The lowest BCUT2D eigenvalue weighted by atomic mass is 10.3. The van der Waals surface area contributed by atoms with E-state index in [1.165, 1.54) is 0 Å². The molecule has 0 amide bonds. The fraction of sp³-hybridized carbons (Fsp3) is 0.400. The predicted molar refractivity (Wildman–Crippen MR) is 59.0 cm³/mol. The number of rotatable bonds is 4. The van der Waals surface area contributed by atoms with Crippen molar-refractivity contribution in [1.29, 1.82) is 0 Å². The summed E-state index contributed by atoms with van der Waals surface area (Å²) in [6, 6.07) is 5.64. The second kappa shape index (κ2) is 5.12. The van der Waals surface area contributed by atoms with Crippen LogP contribution in [0.2, 0.25) is 0 Å². The van der Waals surface area contributed by atoms with E-state index < -0.39 is 0 Å². The summed E-state index contributed by atoms with van der Waals surface area (Å²) in [6.07, 6.45) is 2.19. The predicted octanol–water partition coefficient (Wildman–Crippen LogP) is 3.21. The van der Waals surface area contributed by atoms with E-state index >= 15 is 0 Å². The lowest BCUT2D eigenvalue weighted by Gasteiger charge is -2.08. The van der Waals surface area contributed by atoms with Crippen LogP contribution in [0.25, 0.3) is 0 Å². The van der Waals surface area contributed by atoms with Crippen LogP contribution in [0.5, 0.6) is 5.75 Å². The topological polar surface area (TPSA) is 35.2 Å². The number of ether oxygens (including phenoxy) is 1. The van der Waals surface area contributed by atoms with Crippen molar-refractivity contribution < 1.29 is 4.74 Å². The molecule has 0 radical (unpaired) electrons. The number of anilines is 1. The Morgan fingerprint density at radius 2 is 2.23 bits per heavy atom. The van der Waals surface area contributed by atoms with Crippen molar-refractivity contribution in [3.8, 4) is 5.75 Å². The van der Waals surface area contributed by atoms with Crippen LogP contribution in [0.3, 0.4) is 0 Å². The molecule has 2 nitrogen and oxygen atoms in total. The van der Waals surface area contributed by atoms with Gasteiger partial charge in [0, 0.05) is 4.47 Å². The fourth-order valence-electron chi connectivity index (χ4n) is 0.960. The van der Waals surface area contributed by atoms with E-state index in [2.05, 4.69) is 22.9 Å². The van der Waals surface area contributed by atoms with Crippen molar-refractivity contribution >= 4 is 21.6 Å². The molecule has 0 saturated heterocycles. The van der Waals surface area contributed by atoms with Crippen molar-refractivity contribution in [3.63, 3.8) is 0 Å². The summed E-state index contributed by atoms with van der Waals surface area (Å²) in [6.45, 7) is 2.87. The summed E-state index contributed by atoms with van der Waals surface area (Å²) in [5.41, 5.74) is 6.42. The van der Waals surface area contributed by atoms with Crippen molar-refractivity contribution in [2.24, 2.45) is 0 Å². The van der Waals surface area contributed by atoms with Crippen LogP contribution in [-0.4, -0.2) is 6.61 Å². The summed E-state index contributed by atoms with van der Waals surface area (Å²) in [5.74, 6) is 0.767. The first kappa shape index (κ1) is 10.4. The lowest BCUT2D eigenvalue weighted by molar-refractivity contribution is 0.311. The quantitative estimate of drug-likeness (QED) is 0.652. The van der Waals surface area contributed by atoms with E-state index in [4.69, 9.17) is 10.5 Å². The van der Waals surface area contributed by atoms with E-state index in [-0.39, 0.29) is 0 Å². The number of hydrogen-bond acceptors (Lipinski definition) is 2. The summed E-state index contributed by atoms with van der Waals surface area (Å²) >= 11 is 3.37. The molecule has 1 rings (SSSR count). The van der Waals surface area contributed by atoms with Crippen molar-refractivity contribution in [3.05, 3.63) is 22.7 Å². The third-order valence-corrected chi connectivity index (χ3v) is 2.22. The van der Waals surface area contributed by atoms with Gasteiger partial charge in [-0.15, -0.1) is 0 Å². The number of hydrogen-bond donors (Lipinski definition) is 1. The first-order chi connectivity index (χ1) is 6.24. The number of halogens is 1. The molecule has 0 fully saturated rings. The molecule has 0 saturated carbocycles. The molecule has 0 heterocycles. The fourth-order valence-corrected chi connectivity index (χ4v) is 1.30. The molecule has 0 atom stereocenters. The van der Waals surface area contributed by atoms with Crippen LogP contribution in [0.1, 0.15) is 19.8 Å². The van der Waals surface area contributed by atoms with Gasteiger partial charge in [0.05, 0.1) is 12.3 Å². The zero-order chi connectivity index (χ0) is 9.68. The van der Waals surface area contributed by atoms with E-state index in [1.54, 1.807) is 0 Å². The van der Waals surface area contributed by atoms with Crippen LogP contribution < -0.4 is 10.5 Å². The molecule has 1 aromatic rings. The minimum atomic E-state index is 0.694. The van der Waals surface area contributed by atoms with Gasteiger partial charge < -0.3 is 10.5 Å². The Bertz CT molecular complexity index is 276. The molecule has 0 aliphatic carbocycles. The maximum atomic E-state index is 5.73. The second-order valence-electron chi connectivity index (χ2n) is 2.88. The smallest absolute Gasteiger partial charge is 0.143 e. The average molecular weight is 244 g/mol. The van der Waals surface area contributed by atoms with Gasteiger partial charge in [-0.2, -0.15) is 0 Å². The molecular weight excluding hydrogens is 230 g/mol. The third-order valence-electron chi connectivity index (χ3n) is 1.73. The molecule has 0 aliphatic rings. The average Bonchev–Trinajstić information content (AvgIpc) is 2.11. The normalized spacial score (nSPS) is 10.0. The Morgan fingerprint density at radius 1 is 1.46 bits per heavy atom. The highest BCUT2D eigenvalue weighted by molar-refractivity contribution is 9.10. The van der Waals surface area contributed by atoms with Gasteiger partial charge in [0.25, 0.3) is 0 Å². The Morgan fingerprint density at radius 3 is 2.92 bits per heavy atom. The molecule has 13 heavy (non-hydrogen) atoms. The van der Waals surface area contributed by atoms with Gasteiger partial charge in [0.1, 0.15) is 5.75 Å². The Labute approximate surface area is 87.2 Å². The standard InChI is InChI=1S/C10H14BrNO/c1-2-3-6-13-10-7-8(11)4-5-9(10)12/h4-5,7H,2-3,6,12H2,1H3. The highest BCUT2D eigenvalue weighted by Gasteiger charge is 1.99. The van der Waals surface area contributed by atoms with Crippen molar-refractivity contribution in [1.82, 2.24) is 0 Å². The van der Waals surface area contributed by atoms with E-state index in [1.807, 2.05) is 18.2 Å². The van der Waals surface area contributed by atoms with Gasteiger partial charge >= 0.3 is 0 Å². The number of nitrogens with two attached hydrogens (primary N) is 1. The van der Waals surface area contributed by atoms with Gasteiger partial charge in [-0.25, -0.2) is 0 Å². The molecule has 0 bridgehead atoms. The number of nitrogen functional groups attached to an aromatic ring is 1. The second-order valence-corrected chi connectivity index (χ2v) is 3.80. The van der Waals surface area contributed by atoms with E-state index in [0.29, 0.717) is 5.69 Å². The molecular formula is C10H14BrNO. The van der Waals surface area contributed by atoms with Crippen LogP contribution in [0, 0.1) is 0 Å². The van der Waals surface area contributed by atoms with Crippen molar-refractivity contribution in [2.75, 3.05) is 12.3 Å². The molecule has 0 spiro atoms. The van der Waals surface area contributed by atoms with Gasteiger partial charge in [-0.05, 0) is 24.6 Å². The summed E-state index contributed by atoms with van der Waals surface area (Å²) in [4.78, 5) is 0. The Balaban J connectivity index is 2.59. The molecule has 3 heteroatoms. The van der Waals surface area contributed by atoms with Gasteiger partial charge in [0.15, 0.2) is 0 Å². The molecule has 0 aromatic heterocycles. The molecule has 72 valence electrons. The summed E-state index contributed by atoms with van der Waals surface area (Å²) < 4.78 is 6.50. The minimum absolute atomic E-state index is 0.694. The van der Waals surface area contributed by atoms with Crippen LogP contribution in [0.15, 0.2) is 22.7 Å². The molecule has 0 unspecified atom stereocenters. The van der Waals surface area contributed by atoms with Gasteiger partial charge in [-0.1, -0.05) is 29.3 Å². The van der Waals surface area contributed by atoms with Crippen LogP contribution >= 0.6 is 15.9 Å². The summed E-state index contributed by atoms with van der Waals surface area (Å²) in [7, 11) is 0. The highest BCUT2D eigenvalue weighted by atomic mass is 79.9. The first-order valence-electron chi connectivity index (χ1n) is 4.42. The minimum Gasteiger partial charge on any atom is -0.491 e. The van der Waals surface area contributed by atoms with Gasteiger partial charge in [-0.3, -0.25) is 0 Å². The first-order valence-corrected chi connectivity index (χ1v) is 5.21. The van der Waals surface area contributed by atoms with Crippen LogP contribution in [-0.2, 0) is 0 Å². The largest absolute Gasteiger partial charge is 0.491 e. The zero-order valence-corrected chi connectivity index (χ0v) is 9.30. The highest BCUT2D eigenvalue weighted by Crippen LogP contribution is 2.25. The Hall–Kier alpha value is -0.700. The van der Waals surface area contributed by atoms with Gasteiger partial charge in [0.2, 0.25) is 0 Å². The maximum Gasteiger partial charge on any atom is 0.143 e. The summed E-state index contributed by atoms with van der Waals surface area (Å²) in [5, 5.41) is 0. The number of benzene rings is 1. The monoisotopic (exact) mass is 243 g/mol. The van der Waals surface area contributed by atoms with Crippen LogP contribution in [0.4, 0.5) is 5.69 Å².